The Labute approximate surface area is 119 Å². The number of anilines is 2. The summed E-state index contributed by atoms with van der Waals surface area (Å²) in [4.78, 5) is 16.0. The Morgan fingerprint density at radius 1 is 1.19 bits per heavy atom. The minimum Gasteiger partial charge on any atom is -0.370 e. The molecule has 110 valence electrons. The Bertz CT molecular complexity index is 653. The van der Waals surface area contributed by atoms with Crippen LogP contribution in [0.15, 0.2) is 30.3 Å². The zero-order chi connectivity index (χ0) is 15.4. The molecule has 0 aliphatic carbocycles. The number of halogens is 3. The van der Waals surface area contributed by atoms with Gasteiger partial charge in [-0.05, 0) is 19.1 Å². The molecule has 7 heteroatoms. The molecule has 4 nitrogen and oxygen atoms in total. The van der Waals surface area contributed by atoms with Gasteiger partial charge in [0.15, 0.2) is 17.5 Å². The fourth-order valence-corrected chi connectivity index (χ4v) is 1.66. The molecule has 0 fully saturated rings. The summed E-state index contributed by atoms with van der Waals surface area (Å²) in [6.45, 7) is 2.50. The molecule has 0 radical (unpaired) electrons. The number of benzene rings is 1. The van der Waals surface area contributed by atoms with Gasteiger partial charge >= 0.3 is 0 Å². The number of pyridine rings is 1. The number of hydrogen-bond acceptors (Lipinski definition) is 3. The van der Waals surface area contributed by atoms with E-state index in [9.17, 15) is 18.0 Å². The van der Waals surface area contributed by atoms with Gasteiger partial charge in [0.05, 0.1) is 0 Å². The summed E-state index contributed by atoms with van der Waals surface area (Å²) < 4.78 is 39.0. The number of aromatic nitrogens is 1. The van der Waals surface area contributed by atoms with Crippen LogP contribution >= 0.6 is 0 Å². The van der Waals surface area contributed by atoms with E-state index in [0.29, 0.717) is 24.5 Å². The molecule has 2 N–H and O–H groups in total. The maximum absolute atomic E-state index is 13.1. The van der Waals surface area contributed by atoms with Gasteiger partial charge in [0.2, 0.25) is 0 Å². The molecular weight excluding hydrogens is 283 g/mol. The van der Waals surface area contributed by atoms with Crippen molar-refractivity contribution in [3.63, 3.8) is 0 Å². The monoisotopic (exact) mass is 295 g/mol. The van der Waals surface area contributed by atoms with Crippen molar-refractivity contribution in [2.45, 2.75) is 6.92 Å². The van der Waals surface area contributed by atoms with Crippen molar-refractivity contribution in [1.29, 1.82) is 0 Å². The molecule has 0 spiro atoms. The quantitative estimate of drug-likeness (QED) is 0.852. The van der Waals surface area contributed by atoms with Crippen LogP contribution in [0.4, 0.5) is 24.7 Å². The Balaban J connectivity index is 2.20. The third kappa shape index (κ3) is 3.50. The normalized spacial score (nSPS) is 10.3. The van der Waals surface area contributed by atoms with E-state index in [2.05, 4.69) is 15.6 Å². The lowest BCUT2D eigenvalue weighted by Gasteiger charge is -2.07. The molecule has 0 aliphatic heterocycles. The first-order valence-corrected chi connectivity index (χ1v) is 6.18. The molecule has 2 aromatic rings. The Kier molecular flexibility index (Phi) is 4.42. The van der Waals surface area contributed by atoms with Crippen molar-refractivity contribution in [2.24, 2.45) is 0 Å². The molecule has 1 heterocycles. The summed E-state index contributed by atoms with van der Waals surface area (Å²) in [6, 6.07) is 6.14. The van der Waals surface area contributed by atoms with Crippen LogP contribution < -0.4 is 10.6 Å². The third-order valence-electron chi connectivity index (χ3n) is 2.58. The van der Waals surface area contributed by atoms with Gasteiger partial charge in [0.1, 0.15) is 11.5 Å². The molecule has 0 unspecified atom stereocenters. The first kappa shape index (κ1) is 14.8. The van der Waals surface area contributed by atoms with Gasteiger partial charge in [0, 0.05) is 24.4 Å². The van der Waals surface area contributed by atoms with Gasteiger partial charge in [-0.15, -0.1) is 0 Å². The summed E-state index contributed by atoms with van der Waals surface area (Å²) in [5.74, 6) is -4.48. The summed E-state index contributed by atoms with van der Waals surface area (Å²) in [7, 11) is 0. The highest BCUT2D eigenvalue weighted by atomic mass is 19.2. The first-order valence-electron chi connectivity index (χ1n) is 6.18. The molecule has 21 heavy (non-hydrogen) atoms. The SMILES string of the molecule is CCNc1cccc(C(=O)Nc2cc(F)c(F)c(F)c2)n1. The highest BCUT2D eigenvalue weighted by molar-refractivity contribution is 6.03. The first-order chi connectivity index (χ1) is 10.0. The van der Waals surface area contributed by atoms with Crippen molar-refractivity contribution in [2.75, 3.05) is 17.2 Å². The van der Waals surface area contributed by atoms with E-state index in [1.165, 1.54) is 6.07 Å². The van der Waals surface area contributed by atoms with Crippen molar-refractivity contribution >= 4 is 17.4 Å². The number of nitrogens with zero attached hydrogens (tertiary/aromatic N) is 1. The highest BCUT2D eigenvalue weighted by Crippen LogP contribution is 2.18. The molecule has 0 aliphatic rings. The fourth-order valence-electron chi connectivity index (χ4n) is 1.66. The number of nitrogens with one attached hydrogen (secondary N) is 2. The van der Waals surface area contributed by atoms with Crippen molar-refractivity contribution < 1.29 is 18.0 Å². The Morgan fingerprint density at radius 3 is 2.48 bits per heavy atom. The van der Waals surface area contributed by atoms with E-state index in [4.69, 9.17) is 0 Å². The molecule has 0 saturated heterocycles. The van der Waals surface area contributed by atoms with Crippen LogP contribution in [0.1, 0.15) is 17.4 Å². The average molecular weight is 295 g/mol. The maximum atomic E-state index is 13.1. The van der Waals surface area contributed by atoms with Gasteiger partial charge in [-0.25, -0.2) is 18.2 Å². The molecule has 0 saturated carbocycles. The lowest BCUT2D eigenvalue weighted by atomic mass is 10.2. The average Bonchev–Trinajstić information content (AvgIpc) is 2.45. The predicted octanol–water partition coefficient (Wildman–Crippen LogP) is 3.18. The zero-order valence-electron chi connectivity index (χ0n) is 11.1. The van der Waals surface area contributed by atoms with E-state index >= 15 is 0 Å². The van der Waals surface area contributed by atoms with Gasteiger partial charge in [0.25, 0.3) is 5.91 Å². The second-order valence-corrected chi connectivity index (χ2v) is 4.15. The summed E-state index contributed by atoms with van der Waals surface area (Å²) in [5.41, 5.74) is -0.120. The minimum absolute atomic E-state index is 0.0681. The second kappa shape index (κ2) is 6.25. The van der Waals surface area contributed by atoms with Crippen LogP contribution in [0.25, 0.3) is 0 Å². The van der Waals surface area contributed by atoms with Crippen LogP contribution in [0.5, 0.6) is 0 Å². The Hall–Kier alpha value is -2.57. The van der Waals surface area contributed by atoms with Crippen LogP contribution in [-0.4, -0.2) is 17.4 Å². The maximum Gasteiger partial charge on any atom is 0.274 e. The van der Waals surface area contributed by atoms with Crippen molar-refractivity contribution in [1.82, 2.24) is 4.98 Å². The van der Waals surface area contributed by atoms with E-state index in [-0.39, 0.29) is 11.4 Å². The number of carbonyl (C=O) groups is 1. The minimum atomic E-state index is -1.58. The standard InChI is InChI=1S/C14H12F3N3O/c1-2-18-12-5-3-4-11(20-12)14(21)19-8-6-9(15)13(17)10(16)7-8/h3-7H,2H2,1H3,(H,18,20)(H,19,21). The Morgan fingerprint density at radius 2 is 1.86 bits per heavy atom. The second-order valence-electron chi connectivity index (χ2n) is 4.15. The lowest BCUT2D eigenvalue weighted by molar-refractivity contribution is 0.102. The number of amides is 1. The topological polar surface area (TPSA) is 54.0 Å². The van der Waals surface area contributed by atoms with Gasteiger partial charge in [-0.2, -0.15) is 0 Å². The van der Waals surface area contributed by atoms with Crippen LogP contribution in [0.3, 0.4) is 0 Å². The third-order valence-corrected chi connectivity index (χ3v) is 2.58. The van der Waals surface area contributed by atoms with E-state index in [1.54, 1.807) is 12.1 Å². The highest BCUT2D eigenvalue weighted by Gasteiger charge is 2.14. The molecule has 1 amide bonds. The van der Waals surface area contributed by atoms with Crippen LogP contribution in [-0.2, 0) is 0 Å². The zero-order valence-corrected chi connectivity index (χ0v) is 11.1. The summed E-state index contributed by atoms with van der Waals surface area (Å²) in [6.07, 6.45) is 0. The molecule has 0 bridgehead atoms. The molecular formula is C14H12F3N3O. The van der Waals surface area contributed by atoms with Gasteiger partial charge < -0.3 is 10.6 Å². The van der Waals surface area contributed by atoms with Crippen LogP contribution in [0, 0.1) is 17.5 Å². The summed E-state index contributed by atoms with van der Waals surface area (Å²) in [5, 5.41) is 5.19. The predicted molar refractivity (Wildman–Crippen MR) is 72.7 cm³/mol. The number of hydrogen-bond donors (Lipinski definition) is 2. The molecule has 1 aromatic heterocycles. The van der Waals surface area contributed by atoms with Crippen molar-refractivity contribution in [3.05, 3.63) is 53.5 Å². The molecule has 2 rings (SSSR count). The van der Waals surface area contributed by atoms with Crippen LogP contribution in [0.2, 0.25) is 0 Å². The van der Waals surface area contributed by atoms with E-state index in [1.807, 2.05) is 6.92 Å². The molecule has 0 atom stereocenters. The van der Waals surface area contributed by atoms with E-state index in [0.717, 1.165) is 0 Å². The fraction of sp³-hybridized carbons (Fsp3) is 0.143. The van der Waals surface area contributed by atoms with Crippen molar-refractivity contribution in [3.8, 4) is 0 Å². The van der Waals surface area contributed by atoms with Gasteiger partial charge in [-0.1, -0.05) is 6.07 Å². The lowest BCUT2D eigenvalue weighted by Crippen LogP contribution is -2.15. The largest absolute Gasteiger partial charge is 0.370 e. The van der Waals surface area contributed by atoms with E-state index < -0.39 is 23.4 Å². The number of rotatable bonds is 4. The smallest absolute Gasteiger partial charge is 0.274 e. The molecule has 1 aromatic carbocycles. The number of carbonyl (C=O) groups excluding carboxylic acids is 1. The summed E-state index contributed by atoms with van der Waals surface area (Å²) >= 11 is 0. The van der Waals surface area contributed by atoms with Gasteiger partial charge in [-0.3, -0.25) is 4.79 Å².